The first-order valence-electron chi connectivity index (χ1n) is 6.75. The Morgan fingerprint density at radius 3 is 2.86 bits per heavy atom. The summed E-state index contributed by atoms with van der Waals surface area (Å²) in [4.78, 5) is 1.03. The zero-order chi connectivity index (χ0) is 15.5. The third-order valence-corrected chi connectivity index (χ3v) is 6.28. The number of hydrogen-bond acceptors (Lipinski definition) is 5. The van der Waals surface area contributed by atoms with E-state index in [1.807, 2.05) is 24.4 Å². The number of nitrogens with one attached hydrogen (secondary N) is 1. The molecule has 0 aliphatic rings. The van der Waals surface area contributed by atoms with E-state index in [2.05, 4.69) is 4.72 Å². The molecule has 0 aliphatic heterocycles. The fourth-order valence-electron chi connectivity index (χ4n) is 2.19. The summed E-state index contributed by atoms with van der Waals surface area (Å²) >= 11 is 1.38. The fourth-order valence-corrected chi connectivity index (χ4v) is 5.17. The van der Waals surface area contributed by atoms with E-state index in [9.17, 15) is 8.42 Å². The molecule has 2 aromatic rings. The number of nitrogens with two attached hydrogens (primary N) is 1. The molecule has 0 amide bonds. The molecule has 0 fully saturated rings. The van der Waals surface area contributed by atoms with Gasteiger partial charge in [0, 0.05) is 23.9 Å². The Labute approximate surface area is 129 Å². The van der Waals surface area contributed by atoms with Gasteiger partial charge in [-0.1, -0.05) is 0 Å². The average Bonchev–Trinajstić information content (AvgIpc) is 3.04. The highest BCUT2D eigenvalue weighted by Crippen LogP contribution is 2.26. The smallest absolute Gasteiger partial charge is 0.242 e. The van der Waals surface area contributed by atoms with Crippen LogP contribution in [0.15, 0.2) is 33.1 Å². The fraction of sp³-hybridized carbons (Fsp3) is 0.429. The molecule has 0 radical (unpaired) electrons. The molecule has 0 aromatic carbocycles. The Hall–Kier alpha value is -1.15. The van der Waals surface area contributed by atoms with Crippen molar-refractivity contribution in [2.75, 3.05) is 0 Å². The van der Waals surface area contributed by atoms with Gasteiger partial charge in [-0.3, -0.25) is 0 Å². The maximum absolute atomic E-state index is 12.5. The van der Waals surface area contributed by atoms with Crippen LogP contribution < -0.4 is 10.5 Å². The van der Waals surface area contributed by atoms with Crippen molar-refractivity contribution >= 4 is 21.4 Å². The Bertz CT molecular complexity index is 675. The zero-order valence-electron chi connectivity index (χ0n) is 12.1. The van der Waals surface area contributed by atoms with Crippen molar-refractivity contribution in [1.82, 2.24) is 4.72 Å². The van der Waals surface area contributed by atoms with Crippen LogP contribution >= 0.6 is 11.3 Å². The molecule has 3 N–H and O–H groups in total. The van der Waals surface area contributed by atoms with Gasteiger partial charge in [0.1, 0.15) is 10.7 Å². The van der Waals surface area contributed by atoms with Crippen molar-refractivity contribution in [2.45, 2.75) is 44.2 Å². The lowest BCUT2D eigenvalue weighted by molar-refractivity contribution is 0.480. The van der Waals surface area contributed by atoms with Gasteiger partial charge in [0.2, 0.25) is 10.0 Å². The minimum Gasteiger partial charge on any atom is -0.469 e. The average molecular weight is 328 g/mol. The van der Waals surface area contributed by atoms with Crippen LogP contribution in [0, 0.1) is 6.92 Å². The van der Waals surface area contributed by atoms with Crippen LogP contribution in [-0.2, 0) is 23.0 Å². The number of sulfonamides is 1. The SMILES string of the molecule is Cc1csc(CN)c1S(=O)(=O)NC(C)CCc1ccco1. The summed E-state index contributed by atoms with van der Waals surface area (Å²) in [5, 5.41) is 1.82. The first-order valence-corrected chi connectivity index (χ1v) is 9.12. The predicted octanol–water partition coefficient (Wildman–Crippen LogP) is 2.41. The largest absolute Gasteiger partial charge is 0.469 e. The minimum atomic E-state index is -3.53. The van der Waals surface area contributed by atoms with Crippen molar-refractivity contribution in [3.8, 4) is 0 Å². The van der Waals surface area contributed by atoms with E-state index in [4.69, 9.17) is 10.2 Å². The molecule has 116 valence electrons. The summed E-state index contributed by atoms with van der Waals surface area (Å²) in [6.45, 7) is 3.87. The second-order valence-corrected chi connectivity index (χ2v) is 7.63. The molecule has 1 atom stereocenters. The Kier molecular flexibility index (Phi) is 5.21. The third kappa shape index (κ3) is 3.94. The van der Waals surface area contributed by atoms with E-state index in [0.29, 0.717) is 22.6 Å². The highest BCUT2D eigenvalue weighted by atomic mass is 32.2. The lowest BCUT2D eigenvalue weighted by atomic mass is 10.2. The minimum absolute atomic E-state index is 0.176. The van der Waals surface area contributed by atoms with Crippen LogP contribution in [0.25, 0.3) is 0 Å². The molecule has 0 spiro atoms. The van der Waals surface area contributed by atoms with Gasteiger partial charge < -0.3 is 10.2 Å². The van der Waals surface area contributed by atoms with Gasteiger partial charge in [-0.15, -0.1) is 11.3 Å². The standard InChI is InChI=1S/C14H20N2O3S2/c1-10-9-20-13(8-15)14(10)21(17,18)16-11(2)5-6-12-4-3-7-19-12/h3-4,7,9,11,16H,5-6,8,15H2,1-2H3. The predicted molar refractivity (Wildman–Crippen MR) is 83.8 cm³/mol. The van der Waals surface area contributed by atoms with Crippen molar-refractivity contribution in [1.29, 1.82) is 0 Å². The van der Waals surface area contributed by atoms with Gasteiger partial charge in [0.15, 0.2) is 0 Å². The maximum Gasteiger partial charge on any atom is 0.242 e. The number of hydrogen-bond donors (Lipinski definition) is 2. The molecule has 21 heavy (non-hydrogen) atoms. The lowest BCUT2D eigenvalue weighted by Gasteiger charge is -2.14. The number of furan rings is 1. The molecule has 7 heteroatoms. The van der Waals surface area contributed by atoms with E-state index in [1.54, 1.807) is 13.2 Å². The molecule has 1 unspecified atom stereocenters. The maximum atomic E-state index is 12.5. The number of rotatable bonds is 7. The van der Waals surface area contributed by atoms with Crippen LogP contribution in [0.1, 0.15) is 29.5 Å². The normalized spacial score (nSPS) is 13.5. The Balaban J connectivity index is 2.04. The van der Waals surface area contributed by atoms with Crippen molar-refractivity contribution in [2.24, 2.45) is 5.73 Å². The van der Waals surface area contributed by atoms with Gasteiger partial charge in [-0.05, 0) is 43.3 Å². The van der Waals surface area contributed by atoms with Gasteiger partial charge in [-0.25, -0.2) is 13.1 Å². The Morgan fingerprint density at radius 1 is 1.48 bits per heavy atom. The van der Waals surface area contributed by atoms with Gasteiger partial charge >= 0.3 is 0 Å². The van der Waals surface area contributed by atoms with Crippen molar-refractivity contribution in [3.05, 3.63) is 40.0 Å². The second-order valence-electron chi connectivity index (χ2n) is 5.02. The zero-order valence-corrected chi connectivity index (χ0v) is 13.8. The van der Waals surface area contributed by atoms with Crippen LogP contribution in [0.2, 0.25) is 0 Å². The van der Waals surface area contributed by atoms with E-state index in [1.165, 1.54) is 11.3 Å². The molecule has 0 aliphatic carbocycles. The first-order chi connectivity index (χ1) is 9.94. The van der Waals surface area contributed by atoms with Crippen LogP contribution in [0.3, 0.4) is 0 Å². The van der Waals surface area contributed by atoms with Crippen LogP contribution in [-0.4, -0.2) is 14.5 Å². The third-order valence-electron chi connectivity index (χ3n) is 3.20. The van der Waals surface area contributed by atoms with E-state index in [-0.39, 0.29) is 12.6 Å². The van der Waals surface area contributed by atoms with Crippen molar-refractivity contribution in [3.63, 3.8) is 0 Å². The summed E-state index contributed by atoms with van der Waals surface area (Å²) in [6, 6.07) is 3.54. The first kappa shape index (κ1) is 16.2. The highest BCUT2D eigenvalue weighted by Gasteiger charge is 2.24. The summed E-state index contributed by atoms with van der Waals surface area (Å²) in [6.07, 6.45) is 2.99. The summed E-state index contributed by atoms with van der Waals surface area (Å²) in [5.74, 6) is 0.857. The molecule has 5 nitrogen and oxygen atoms in total. The highest BCUT2D eigenvalue weighted by molar-refractivity contribution is 7.89. The molecule has 2 heterocycles. The van der Waals surface area contributed by atoms with Crippen molar-refractivity contribution < 1.29 is 12.8 Å². The number of thiophene rings is 1. The molecule has 0 saturated carbocycles. The van der Waals surface area contributed by atoms with E-state index < -0.39 is 10.0 Å². The Morgan fingerprint density at radius 2 is 2.24 bits per heavy atom. The van der Waals surface area contributed by atoms with E-state index >= 15 is 0 Å². The molecule has 0 bridgehead atoms. The molecule has 2 rings (SSSR count). The van der Waals surface area contributed by atoms with E-state index in [0.717, 1.165) is 11.3 Å². The van der Waals surface area contributed by atoms with Gasteiger partial charge in [0.25, 0.3) is 0 Å². The monoisotopic (exact) mass is 328 g/mol. The lowest BCUT2D eigenvalue weighted by Crippen LogP contribution is -2.33. The van der Waals surface area contributed by atoms with Crippen LogP contribution in [0.4, 0.5) is 0 Å². The summed E-state index contributed by atoms with van der Waals surface area (Å²) in [7, 11) is -3.53. The molecule has 2 aromatic heterocycles. The molecular weight excluding hydrogens is 308 g/mol. The molecular formula is C14H20N2O3S2. The number of aryl methyl sites for hydroxylation is 2. The van der Waals surface area contributed by atoms with Gasteiger partial charge in [-0.2, -0.15) is 0 Å². The quantitative estimate of drug-likeness (QED) is 0.817. The summed E-state index contributed by atoms with van der Waals surface area (Å²) in [5.41, 5.74) is 6.36. The summed E-state index contributed by atoms with van der Waals surface area (Å²) < 4.78 is 32.9. The molecule has 0 saturated heterocycles. The van der Waals surface area contributed by atoms with Crippen LogP contribution in [0.5, 0.6) is 0 Å². The topological polar surface area (TPSA) is 85.3 Å². The second kappa shape index (κ2) is 6.74. The van der Waals surface area contributed by atoms with Gasteiger partial charge in [0.05, 0.1) is 6.26 Å².